The SMILES string of the molecule is Cc1ccc(S(=O)(=O)OS(CCO)(CCO)Cc2ccccc2F)cc1. The molecule has 2 rings (SSSR count). The number of aliphatic hydroxyl groups is 2. The van der Waals surface area contributed by atoms with Crippen LogP contribution in [0.25, 0.3) is 0 Å². The molecule has 0 heterocycles. The Hall–Kier alpha value is -1.45. The van der Waals surface area contributed by atoms with Crippen LogP contribution in [-0.2, 0) is 19.5 Å². The molecule has 0 saturated heterocycles. The number of aryl methyl sites for hydroxylation is 1. The van der Waals surface area contributed by atoms with Crippen molar-refractivity contribution in [1.82, 2.24) is 0 Å². The minimum Gasteiger partial charge on any atom is -0.395 e. The highest BCUT2D eigenvalue weighted by Gasteiger charge is 2.33. The van der Waals surface area contributed by atoms with Crippen LogP contribution in [0.15, 0.2) is 53.4 Å². The molecule has 0 unspecified atom stereocenters. The summed E-state index contributed by atoms with van der Waals surface area (Å²) in [4.78, 5) is -0.00983. The zero-order chi connectivity index (χ0) is 19.2. The van der Waals surface area contributed by atoms with E-state index >= 15 is 0 Å². The topological polar surface area (TPSA) is 83.8 Å². The Morgan fingerprint density at radius 2 is 1.54 bits per heavy atom. The quantitative estimate of drug-likeness (QED) is 0.674. The Balaban J connectivity index is 2.40. The van der Waals surface area contributed by atoms with Gasteiger partial charge in [0.1, 0.15) is 5.82 Å². The normalized spacial score (nSPS) is 12.9. The van der Waals surface area contributed by atoms with Crippen LogP contribution in [0.5, 0.6) is 0 Å². The van der Waals surface area contributed by atoms with Crippen molar-refractivity contribution in [2.24, 2.45) is 0 Å². The molecule has 0 spiro atoms. The maximum Gasteiger partial charge on any atom is 0.306 e. The third-order valence-corrected chi connectivity index (χ3v) is 9.26. The maximum absolute atomic E-state index is 14.1. The molecule has 2 aromatic carbocycles. The Morgan fingerprint density at radius 1 is 0.962 bits per heavy atom. The number of hydrogen-bond acceptors (Lipinski definition) is 5. The van der Waals surface area contributed by atoms with E-state index in [1.54, 1.807) is 24.3 Å². The monoisotopic (exact) mass is 402 g/mol. The van der Waals surface area contributed by atoms with Crippen molar-refractivity contribution < 1.29 is 26.7 Å². The van der Waals surface area contributed by atoms with Crippen LogP contribution in [-0.4, -0.2) is 43.4 Å². The first-order valence-corrected chi connectivity index (χ1v) is 11.5. The summed E-state index contributed by atoms with van der Waals surface area (Å²) in [5.74, 6) is -0.442. The van der Waals surface area contributed by atoms with E-state index in [-0.39, 0.29) is 35.4 Å². The van der Waals surface area contributed by atoms with E-state index < -0.39 is 26.2 Å². The van der Waals surface area contributed by atoms with E-state index in [2.05, 4.69) is 0 Å². The largest absolute Gasteiger partial charge is 0.395 e. The maximum atomic E-state index is 14.1. The predicted molar refractivity (Wildman–Crippen MR) is 101 cm³/mol. The molecule has 0 bridgehead atoms. The van der Waals surface area contributed by atoms with Crippen LogP contribution in [0.2, 0.25) is 0 Å². The molecule has 26 heavy (non-hydrogen) atoms. The molecule has 5 nitrogen and oxygen atoms in total. The average Bonchev–Trinajstić information content (AvgIpc) is 2.57. The fraction of sp³-hybridized carbons (Fsp3) is 0.333. The Kier molecular flexibility index (Phi) is 7.19. The standard InChI is InChI=1S/C18H23FO5S2/c1-15-6-8-17(9-7-15)26(22,23)24-25(12-10-20,13-11-21)14-16-4-2-3-5-18(16)19/h2-9,20-21H,10-14H2,1H3. The molecular weight excluding hydrogens is 379 g/mol. The van der Waals surface area contributed by atoms with Crippen LogP contribution in [0.1, 0.15) is 11.1 Å². The van der Waals surface area contributed by atoms with E-state index in [9.17, 15) is 23.0 Å². The summed E-state index contributed by atoms with van der Waals surface area (Å²) < 4.78 is 45.1. The summed E-state index contributed by atoms with van der Waals surface area (Å²) in [6, 6.07) is 12.2. The number of hydrogen-bond donors (Lipinski definition) is 2. The third-order valence-electron chi connectivity index (χ3n) is 3.85. The average molecular weight is 403 g/mol. The molecule has 0 fully saturated rings. The van der Waals surface area contributed by atoms with Gasteiger partial charge in [-0.1, -0.05) is 35.9 Å². The second-order valence-corrected chi connectivity index (χ2v) is 10.9. The molecule has 8 heteroatoms. The fourth-order valence-electron chi connectivity index (χ4n) is 2.50. The molecule has 0 aliphatic rings. The Morgan fingerprint density at radius 3 is 2.08 bits per heavy atom. The molecular formula is C18H23FO5S2. The Labute approximate surface area is 155 Å². The number of rotatable bonds is 9. The summed E-state index contributed by atoms with van der Waals surface area (Å²) in [6.07, 6.45) is 0. The van der Waals surface area contributed by atoms with Crippen molar-refractivity contribution in [2.45, 2.75) is 17.6 Å². The second-order valence-electron chi connectivity index (χ2n) is 5.89. The smallest absolute Gasteiger partial charge is 0.306 e. The molecule has 2 aromatic rings. The molecule has 0 aromatic heterocycles. The first-order chi connectivity index (χ1) is 12.3. The van der Waals surface area contributed by atoms with Crippen molar-refractivity contribution >= 4 is 20.4 Å². The van der Waals surface area contributed by atoms with Gasteiger partial charge in [-0.15, -0.1) is 10.3 Å². The first-order valence-electron chi connectivity index (χ1n) is 8.06. The zero-order valence-corrected chi connectivity index (χ0v) is 16.1. The lowest BCUT2D eigenvalue weighted by Gasteiger charge is -2.37. The van der Waals surface area contributed by atoms with Crippen LogP contribution >= 0.6 is 10.3 Å². The van der Waals surface area contributed by atoms with Gasteiger partial charge in [-0.05, 0) is 30.7 Å². The predicted octanol–water partition coefficient (Wildman–Crippen LogP) is 2.74. The van der Waals surface area contributed by atoms with Gasteiger partial charge in [0.2, 0.25) is 0 Å². The molecule has 0 radical (unpaired) electrons. The highest BCUT2D eigenvalue weighted by atomic mass is 32.3. The lowest BCUT2D eigenvalue weighted by atomic mass is 10.2. The number of aliphatic hydroxyl groups excluding tert-OH is 2. The molecule has 144 valence electrons. The van der Waals surface area contributed by atoms with Gasteiger partial charge in [0.25, 0.3) is 0 Å². The molecule has 0 amide bonds. The third kappa shape index (κ3) is 5.28. The molecule has 0 saturated carbocycles. The van der Waals surface area contributed by atoms with Gasteiger partial charge in [0.15, 0.2) is 0 Å². The van der Waals surface area contributed by atoms with Gasteiger partial charge in [-0.3, -0.25) is 0 Å². The van der Waals surface area contributed by atoms with E-state index in [1.165, 1.54) is 24.3 Å². The highest BCUT2D eigenvalue weighted by Crippen LogP contribution is 2.54. The van der Waals surface area contributed by atoms with Gasteiger partial charge in [0.05, 0.1) is 18.1 Å². The number of benzene rings is 2. The van der Waals surface area contributed by atoms with E-state index in [1.807, 2.05) is 6.92 Å². The van der Waals surface area contributed by atoms with Crippen LogP contribution < -0.4 is 0 Å². The summed E-state index contributed by atoms with van der Waals surface area (Å²) in [5.41, 5.74) is 1.20. The fourth-order valence-corrected chi connectivity index (χ4v) is 7.50. The lowest BCUT2D eigenvalue weighted by molar-refractivity contribution is 0.312. The van der Waals surface area contributed by atoms with Crippen molar-refractivity contribution in [3.8, 4) is 0 Å². The van der Waals surface area contributed by atoms with Gasteiger partial charge in [-0.25, -0.2) is 8.02 Å². The summed E-state index contributed by atoms with van der Waals surface area (Å²) >= 11 is 0. The van der Waals surface area contributed by atoms with Gasteiger partial charge in [-0.2, -0.15) is 8.42 Å². The Bertz CT molecular complexity index is 816. The van der Waals surface area contributed by atoms with Crippen LogP contribution in [0.3, 0.4) is 0 Å². The lowest BCUT2D eigenvalue weighted by Crippen LogP contribution is -2.23. The molecule has 0 aliphatic heterocycles. The zero-order valence-electron chi connectivity index (χ0n) is 14.5. The van der Waals surface area contributed by atoms with E-state index in [4.69, 9.17) is 3.63 Å². The summed E-state index contributed by atoms with van der Waals surface area (Å²) in [5, 5.41) is 18.9. The van der Waals surface area contributed by atoms with Gasteiger partial charge >= 0.3 is 10.1 Å². The summed E-state index contributed by atoms with van der Waals surface area (Å²) in [6.45, 7) is 1.18. The van der Waals surface area contributed by atoms with Crippen molar-refractivity contribution in [2.75, 3.05) is 24.7 Å². The van der Waals surface area contributed by atoms with Crippen molar-refractivity contribution in [3.05, 3.63) is 65.5 Å². The van der Waals surface area contributed by atoms with Crippen molar-refractivity contribution in [3.63, 3.8) is 0 Å². The molecule has 0 aliphatic carbocycles. The highest BCUT2D eigenvalue weighted by molar-refractivity contribution is 8.32. The van der Waals surface area contributed by atoms with E-state index in [0.717, 1.165) is 5.56 Å². The molecule has 2 N–H and O–H groups in total. The van der Waals surface area contributed by atoms with Crippen LogP contribution in [0, 0.1) is 12.7 Å². The minimum atomic E-state index is -4.12. The van der Waals surface area contributed by atoms with E-state index in [0.29, 0.717) is 5.56 Å². The first kappa shape index (κ1) is 20.9. The second kappa shape index (κ2) is 8.96. The van der Waals surface area contributed by atoms with Gasteiger partial charge in [0, 0.05) is 17.3 Å². The van der Waals surface area contributed by atoms with Crippen molar-refractivity contribution in [1.29, 1.82) is 0 Å². The summed E-state index contributed by atoms with van der Waals surface area (Å²) in [7, 11) is -6.64. The van der Waals surface area contributed by atoms with Gasteiger partial charge < -0.3 is 10.2 Å². The number of halogens is 1. The molecule has 0 atom stereocenters. The van der Waals surface area contributed by atoms with Crippen LogP contribution in [0.4, 0.5) is 4.39 Å². The minimum absolute atomic E-state index is 0.00805.